The zero-order valence-corrected chi connectivity index (χ0v) is 9.74. The van der Waals surface area contributed by atoms with Gasteiger partial charge in [-0.05, 0) is 24.1 Å². The predicted octanol–water partition coefficient (Wildman–Crippen LogP) is 2.28. The molecule has 0 saturated heterocycles. The van der Waals surface area contributed by atoms with Gasteiger partial charge < -0.3 is 10.8 Å². The molecule has 1 aromatic rings. The maximum Gasteiger partial charge on any atom is 0.0585 e. The minimum absolute atomic E-state index is 0. The van der Waals surface area contributed by atoms with Gasteiger partial charge in [-0.2, -0.15) is 0 Å². The summed E-state index contributed by atoms with van der Waals surface area (Å²) in [4.78, 5) is 0. The smallest absolute Gasteiger partial charge is 0.0585 e. The normalized spacial score (nSPS) is 12.0. The van der Waals surface area contributed by atoms with Crippen molar-refractivity contribution < 1.29 is 5.11 Å². The van der Waals surface area contributed by atoms with E-state index >= 15 is 0 Å². The Morgan fingerprint density at radius 2 is 2.00 bits per heavy atom. The van der Waals surface area contributed by atoms with Gasteiger partial charge in [0, 0.05) is 16.1 Å². The van der Waals surface area contributed by atoms with E-state index in [0.717, 1.165) is 5.56 Å². The quantitative estimate of drug-likeness (QED) is 0.871. The van der Waals surface area contributed by atoms with E-state index in [1.54, 1.807) is 12.1 Å². The molecule has 1 aromatic carbocycles. The molecule has 0 spiro atoms. The highest BCUT2D eigenvalue weighted by Crippen LogP contribution is 2.21. The van der Waals surface area contributed by atoms with E-state index in [2.05, 4.69) is 0 Å². The summed E-state index contributed by atoms with van der Waals surface area (Å²) in [5.41, 5.74) is 6.48. The van der Waals surface area contributed by atoms with Gasteiger partial charge in [-0.15, -0.1) is 12.4 Å². The zero-order valence-electron chi connectivity index (χ0n) is 7.41. The van der Waals surface area contributed by atoms with Crippen molar-refractivity contribution in [2.75, 3.05) is 6.61 Å². The summed E-state index contributed by atoms with van der Waals surface area (Å²) in [6.07, 6.45) is 0.562. The van der Waals surface area contributed by atoms with E-state index in [-0.39, 0.29) is 25.1 Å². The number of benzene rings is 1. The van der Waals surface area contributed by atoms with Crippen LogP contribution in [0.25, 0.3) is 0 Å². The van der Waals surface area contributed by atoms with E-state index in [4.69, 9.17) is 34.0 Å². The topological polar surface area (TPSA) is 46.2 Å². The molecule has 0 heterocycles. The first-order valence-corrected chi connectivity index (χ1v) is 4.69. The van der Waals surface area contributed by atoms with Crippen molar-refractivity contribution in [1.82, 2.24) is 0 Å². The molecule has 0 aliphatic heterocycles. The summed E-state index contributed by atoms with van der Waals surface area (Å²) in [6.45, 7) is -0.0427. The molecule has 0 aromatic heterocycles. The fourth-order valence-corrected chi connectivity index (χ4v) is 1.52. The fraction of sp³-hybridized carbons (Fsp3) is 0.333. The van der Waals surface area contributed by atoms with Gasteiger partial charge in [0.2, 0.25) is 0 Å². The number of nitrogens with two attached hydrogens (primary N) is 1. The number of aliphatic hydroxyl groups is 1. The van der Waals surface area contributed by atoms with E-state index in [1.807, 2.05) is 6.07 Å². The Kier molecular flexibility index (Phi) is 6.49. The van der Waals surface area contributed by atoms with Crippen molar-refractivity contribution >= 4 is 35.6 Å². The van der Waals surface area contributed by atoms with E-state index < -0.39 is 0 Å². The van der Waals surface area contributed by atoms with E-state index in [1.165, 1.54) is 0 Å². The molecule has 3 N–H and O–H groups in total. The molecule has 0 aliphatic rings. The molecule has 0 saturated carbocycles. The number of hydrogen-bond donors (Lipinski definition) is 2. The third kappa shape index (κ3) is 4.03. The van der Waals surface area contributed by atoms with Gasteiger partial charge in [-0.3, -0.25) is 0 Å². The van der Waals surface area contributed by atoms with Gasteiger partial charge in [0.25, 0.3) is 0 Å². The minimum atomic E-state index is -0.265. The predicted molar refractivity (Wildman–Crippen MR) is 62.5 cm³/mol. The highest BCUT2D eigenvalue weighted by molar-refractivity contribution is 6.35. The Hall–Kier alpha value is 0.01000. The third-order valence-corrected chi connectivity index (χ3v) is 2.32. The maximum atomic E-state index is 8.75. The molecule has 2 nitrogen and oxygen atoms in total. The monoisotopic (exact) mass is 255 g/mol. The van der Waals surface area contributed by atoms with Crippen LogP contribution in [0, 0.1) is 0 Å². The molecule has 80 valence electrons. The van der Waals surface area contributed by atoms with Gasteiger partial charge in [0.1, 0.15) is 0 Å². The summed E-state index contributed by atoms with van der Waals surface area (Å²) in [6, 6.07) is 4.98. The Morgan fingerprint density at radius 3 is 2.50 bits per heavy atom. The van der Waals surface area contributed by atoms with E-state index in [0.29, 0.717) is 16.5 Å². The third-order valence-electron chi connectivity index (χ3n) is 1.73. The standard InChI is InChI=1S/C9H11Cl2NO.ClH/c10-7-2-1-6(9(11)4-7)3-8(12)5-13;/h1-2,4,8,13H,3,5,12H2;1H/t8-;/m1./s1. The molecule has 0 bridgehead atoms. The number of rotatable bonds is 3. The zero-order chi connectivity index (χ0) is 9.84. The molecule has 0 fully saturated rings. The fourth-order valence-electron chi connectivity index (χ4n) is 1.03. The summed E-state index contributed by atoms with van der Waals surface area (Å²) >= 11 is 11.6. The molecule has 1 rings (SSSR count). The van der Waals surface area contributed by atoms with Crippen LogP contribution in [0.15, 0.2) is 18.2 Å². The molecule has 0 amide bonds. The molecule has 0 radical (unpaired) electrons. The van der Waals surface area contributed by atoms with Crippen molar-refractivity contribution in [3.63, 3.8) is 0 Å². The number of hydrogen-bond acceptors (Lipinski definition) is 2. The molecule has 1 atom stereocenters. The number of aliphatic hydroxyl groups excluding tert-OH is 1. The first kappa shape index (κ1) is 14.0. The van der Waals surface area contributed by atoms with Gasteiger partial charge in [-0.25, -0.2) is 0 Å². The molecular weight excluding hydrogens is 244 g/mol. The minimum Gasteiger partial charge on any atom is -0.395 e. The summed E-state index contributed by atoms with van der Waals surface area (Å²) in [7, 11) is 0. The largest absolute Gasteiger partial charge is 0.395 e. The summed E-state index contributed by atoms with van der Waals surface area (Å²) in [5, 5.41) is 9.94. The second kappa shape index (κ2) is 6.49. The first-order valence-electron chi connectivity index (χ1n) is 3.94. The lowest BCUT2D eigenvalue weighted by Crippen LogP contribution is -2.26. The SMILES string of the molecule is Cl.N[C@@H](CO)Cc1ccc(Cl)cc1Cl. The van der Waals surface area contributed by atoms with Gasteiger partial charge >= 0.3 is 0 Å². The average Bonchev–Trinajstić information content (AvgIpc) is 2.09. The maximum absolute atomic E-state index is 8.75. The second-order valence-electron chi connectivity index (χ2n) is 2.88. The van der Waals surface area contributed by atoms with E-state index in [9.17, 15) is 0 Å². The van der Waals surface area contributed by atoms with Crippen LogP contribution in [0.2, 0.25) is 10.0 Å². The molecular formula is C9H12Cl3NO. The van der Waals surface area contributed by atoms with Crippen molar-refractivity contribution in [2.24, 2.45) is 5.73 Å². The summed E-state index contributed by atoms with van der Waals surface area (Å²) in [5.74, 6) is 0. The Morgan fingerprint density at radius 1 is 1.36 bits per heavy atom. The number of halogens is 3. The van der Waals surface area contributed by atoms with Crippen LogP contribution in [0.1, 0.15) is 5.56 Å². The lowest BCUT2D eigenvalue weighted by Gasteiger charge is -2.09. The lowest BCUT2D eigenvalue weighted by molar-refractivity contribution is 0.265. The van der Waals surface area contributed by atoms with Crippen molar-refractivity contribution in [3.05, 3.63) is 33.8 Å². The molecule has 0 aliphatic carbocycles. The Bertz CT molecular complexity index is 293. The summed E-state index contributed by atoms with van der Waals surface area (Å²) < 4.78 is 0. The van der Waals surface area contributed by atoms with Crippen molar-refractivity contribution in [2.45, 2.75) is 12.5 Å². The van der Waals surface area contributed by atoms with Crippen LogP contribution in [-0.4, -0.2) is 17.8 Å². The Balaban J connectivity index is 0.00000169. The highest BCUT2D eigenvalue weighted by atomic mass is 35.5. The second-order valence-corrected chi connectivity index (χ2v) is 3.73. The van der Waals surface area contributed by atoms with Crippen LogP contribution >= 0.6 is 35.6 Å². The molecule has 14 heavy (non-hydrogen) atoms. The van der Waals surface area contributed by atoms with Crippen LogP contribution in [-0.2, 0) is 6.42 Å². The van der Waals surface area contributed by atoms with Crippen LogP contribution in [0.3, 0.4) is 0 Å². The average molecular weight is 257 g/mol. The van der Waals surface area contributed by atoms with Gasteiger partial charge in [0.15, 0.2) is 0 Å². The van der Waals surface area contributed by atoms with Crippen molar-refractivity contribution in [1.29, 1.82) is 0 Å². The van der Waals surface area contributed by atoms with Gasteiger partial charge in [-0.1, -0.05) is 29.3 Å². The molecule has 0 unspecified atom stereocenters. The van der Waals surface area contributed by atoms with Crippen LogP contribution in [0.5, 0.6) is 0 Å². The van der Waals surface area contributed by atoms with Gasteiger partial charge in [0.05, 0.1) is 6.61 Å². The first-order chi connectivity index (χ1) is 6.13. The van der Waals surface area contributed by atoms with Crippen molar-refractivity contribution in [3.8, 4) is 0 Å². The highest BCUT2D eigenvalue weighted by Gasteiger charge is 2.06. The van der Waals surface area contributed by atoms with Crippen LogP contribution in [0.4, 0.5) is 0 Å². The lowest BCUT2D eigenvalue weighted by atomic mass is 10.1. The Labute approximate surface area is 99.4 Å². The van der Waals surface area contributed by atoms with Crippen LogP contribution < -0.4 is 5.73 Å². The molecule has 5 heteroatoms.